The topological polar surface area (TPSA) is 71.5 Å². The molecule has 5 heteroatoms. The molecule has 3 rings (SSSR count). The van der Waals surface area contributed by atoms with Gasteiger partial charge in [0.05, 0.1) is 25.9 Å². The molecular formula is C9H14O5. The maximum absolute atomic E-state index is 10.2. The van der Waals surface area contributed by atoms with Crippen molar-refractivity contribution in [3.63, 3.8) is 0 Å². The van der Waals surface area contributed by atoms with Crippen molar-refractivity contribution >= 4 is 0 Å². The molecule has 3 saturated heterocycles. The summed E-state index contributed by atoms with van der Waals surface area (Å²) in [6, 6.07) is 0. The summed E-state index contributed by atoms with van der Waals surface area (Å²) < 4.78 is 15.8. The first-order chi connectivity index (χ1) is 6.69. The third-order valence-corrected chi connectivity index (χ3v) is 3.16. The van der Waals surface area contributed by atoms with Gasteiger partial charge in [-0.15, -0.1) is 0 Å². The van der Waals surface area contributed by atoms with E-state index in [1.54, 1.807) is 0 Å². The minimum Gasteiger partial charge on any atom is -0.388 e. The molecule has 0 radical (unpaired) electrons. The van der Waals surface area contributed by atoms with Crippen LogP contribution in [0.15, 0.2) is 0 Å². The second-order valence-corrected chi connectivity index (χ2v) is 4.36. The van der Waals surface area contributed by atoms with E-state index < -0.39 is 11.7 Å². The first-order valence-electron chi connectivity index (χ1n) is 4.94. The summed E-state index contributed by atoms with van der Waals surface area (Å²) in [7, 11) is 0. The number of aliphatic hydroxyl groups excluding tert-OH is 1. The van der Waals surface area contributed by atoms with E-state index in [2.05, 4.69) is 0 Å². The zero-order valence-corrected chi connectivity index (χ0v) is 7.76. The third-order valence-electron chi connectivity index (χ3n) is 3.16. The molecule has 3 aliphatic rings. The van der Waals surface area contributed by atoms with Crippen LogP contribution in [-0.2, 0) is 14.2 Å². The van der Waals surface area contributed by atoms with E-state index in [4.69, 9.17) is 14.2 Å². The van der Waals surface area contributed by atoms with Crippen molar-refractivity contribution in [1.29, 1.82) is 0 Å². The fourth-order valence-electron chi connectivity index (χ4n) is 2.33. The van der Waals surface area contributed by atoms with E-state index >= 15 is 0 Å². The van der Waals surface area contributed by atoms with Gasteiger partial charge >= 0.3 is 0 Å². The number of aliphatic hydroxyl groups is 2. The normalized spacial score (nSPS) is 56.1. The lowest BCUT2D eigenvalue weighted by atomic mass is 9.91. The van der Waals surface area contributed by atoms with Crippen LogP contribution < -0.4 is 0 Å². The van der Waals surface area contributed by atoms with Gasteiger partial charge in [0.25, 0.3) is 0 Å². The minimum absolute atomic E-state index is 0.142. The number of fused-ring (bicyclic) bond motifs is 1. The van der Waals surface area contributed by atoms with Crippen LogP contribution in [0.25, 0.3) is 0 Å². The summed E-state index contributed by atoms with van der Waals surface area (Å²) in [6.07, 6.45) is -0.667. The summed E-state index contributed by atoms with van der Waals surface area (Å²) in [4.78, 5) is 0. The molecule has 0 bridgehead atoms. The van der Waals surface area contributed by atoms with Gasteiger partial charge in [0.1, 0.15) is 23.9 Å². The molecule has 0 spiro atoms. The lowest BCUT2D eigenvalue weighted by molar-refractivity contribution is -0.0767. The first-order valence-corrected chi connectivity index (χ1v) is 4.94. The lowest BCUT2D eigenvalue weighted by Crippen LogP contribution is -2.44. The smallest absolute Gasteiger partial charge is 0.119 e. The van der Waals surface area contributed by atoms with Gasteiger partial charge in [-0.3, -0.25) is 0 Å². The number of hydrogen-bond acceptors (Lipinski definition) is 5. The van der Waals surface area contributed by atoms with E-state index in [1.165, 1.54) is 0 Å². The Morgan fingerprint density at radius 3 is 2.71 bits per heavy atom. The molecule has 0 aromatic carbocycles. The second kappa shape index (κ2) is 2.90. The van der Waals surface area contributed by atoms with E-state index in [-0.39, 0.29) is 31.5 Å². The van der Waals surface area contributed by atoms with Crippen LogP contribution in [-0.4, -0.2) is 60.1 Å². The molecule has 14 heavy (non-hydrogen) atoms. The van der Waals surface area contributed by atoms with Gasteiger partial charge in [-0.1, -0.05) is 0 Å². The van der Waals surface area contributed by atoms with E-state index in [1.807, 2.05) is 0 Å². The molecule has 2 N–H and O–H groups in total. The van der Waals surface area contributed by atoms with Crippen molar-refractivity contribution in [2.75, 3.05) is 19.8 Å². The summed E-state index contributed by atoms with van der Waals surface area (Å²) >= 11 is 0. The average Bonchev–Trinajstić information content (AvgIpc) is 2.75. The molecule has 5 atom stereocenters. The Morgan fingerprint density at radius 2 is 2.00 bits per heavy atom. The Balaban J connectivity index is 1.74. The van der Waals surface area contributed by atoms with E-state index in [0.717, 1.165) is 0 Å². The fraction of sp³-hybridized carbons (Fsp3) is 1.00. The van der Waals surface area contributed by atoms with Crippen molar-refractivity contribution in [2.24, 2.45) is 0 Å². The minimum atomic E-state index is -0.969. The summed E-state index contributed by atoms with van der Waals surface area (Å²) in [6.45, 7) is 1.20. The third kappa shape index (κ3) is 1.28. The summed E-state index contributed by atoms with van der Waals surface area (Å²) in [5.74, 6) is 0. The molecule has 0 aromatic rings. The molecule has 3 heterocycles. The largest absolute Gasteiger partial charge is 0.388 e. The van der Waals surface area contributed by atoms with Crippen LogP contribution in [0, 0.1) is 0 Å². The maximum Gasteiger partial charge on any atom is 0.119 e. The van der Waals surface area contributed by atoms with Crippen LogP contribution in [0.4, 0.5) is 0 Å². The highest BCUT2D eigenvalue weighted by Crippen LogP contribution is 2.38. The Hall–Kier alpha value is -0.200. The zero-order valence-electron chi connectivity index (χ0n) is 7.76. The van der Waals surface area contributed by atoms with Gasteiger partial charge < -0.3 is 24.4 Å². The Morgan fingerprint density at radius 1 is 1.21 bits per heavy atom. The summed E-state index contributed by atoms with van der Waals surface area (Å²) in [5.41, 5.74) is -0.969. The maximum atomic E-state index is 10.2. The summed E-state index contributed by atoms with van der Waals surface area (Å²) in [5, 5.41) is 19.7. The van der Waals surface area contributed by atoms with Gasteiger partial charge in [0.15, 0.2) is 0 Å². The van der Waals surface area contributed by atoms with Crippen LogP contribution in [0.3, 0.4) is 0 Å². The monoisotopic (exact) mass is 202 g/mol. The van der Waals surface area contributed by atoms with Gasteiger partial charge in [-0.2, -0.15) is 0 Å². The second-order valence-electron chi connectivity index (χ2n) is 4.36. The molecule has 80 valence electrons. The van der Waals surface area contributed by atoms with Crippen LogP contribution in [0.1, 0.15) is 6.42 Å². The molecule has 3 aliphatic heterocycles. The van der Waals surface area contributed by atoms with Crippen molar-refractivity contribution in [1.82, 2.24) is 0 Å². The quantitative estimate of drug-likeness (QED) is 0.543. The Bertz CT molecular complexity index is 241. The van der Waals surface area contributed by atoms with Crippen molar-refractivity contribution in [2.45, 2.75) is 36.4 Å². The Kier molecular flexibility index (Phi) is 1.87. The highest BCUT2D eigenvalue weighted by atomic mass is 16.6. The molecule has 1 unspecified atom stereocenters. The standard InChI is InChI=1S/C9H14O5/c10-6-3-13-8-7(6)14-4-9(8,11)1-5-2-12-5/h5-8,10-11H,1-4H2/t5?,6-,7+,8-,9+/m0/s1. The number of rotatable bonds is 2. The zero-order chi connectivity index (χ0) is 9.76. The van der Waals surface area contributed by atoms with Gasteiger partial charge in [0.2, 0.25) is 0 Å². The van der Waals surface area contributed by atoms with Gasteiger partial charge in [0, 0.05) is 6.42 Å². The van der Waals surface area contributed by atoms with Gasteiger partial charge in [-0.05, 0) is 0 Å². The molecule has 0 saturated carbocycles. The molecular weight excluding hydrogens is 188 g/mol. The van der Waals surface area contributed by atoms with Crippen LogP contribution >= 0.6 is 0 Å². The number of epoxide rings is 1. The molecule has 5 nitrogen and oxygen atoms in total. The first kappa shape index (κ1) is 9.06. The van der Waals surface area contributed by atoms with Crippen LogP contribution in [0.5, 0.6) is 0 Å². The fourth-order valence-corrected chi connectivity index (χ4v) is 2.33. The SMILES string of the molecule is O[C@H]1CO[C@H]2[C@@H]1OC[C@]2(O)CC1CO1. The van der Waals surface area contributed by atoms with E-state index in [0.29, 0.717) is 13.0 Å². The highest BCUT2D eigenvalue weighted by Gasteiger charge is 2.57. The van der Waals surface area contributed by atoms with E-state index in [9.17, 15) is 10.2 Å². The highest BCUT2D eigenvalue weighted by molar-refractivity contribution is 5.05. The molecule has 3 fully saturated rings. The molecule has 0 aromatic heterocycles. The number of hydrogen-bond donors (Lipinski definition) is 2. The lowest BCUT2D eigenvalue weighted by Gasteiger charge is -2.25. The Labute approximate surface area is 81.6 Å². The predicted octanol–water partition coefficient (Wildman–Crippen LogP) is -1.34. The average molecular weight is 202 g/mol. The van der Waals surface area contributed by atoms with Crippen molar-refractivity contribution < 1.29 is 24.4 Å². The number of ether oxygens (including phenoxy) is 3. The van der Waals surface area contributed by atoms with Crippen molar-refractivity contribution in [3.8, 4) is 0 Å². The predicted molar refractivity (Wildman–Crippen MR) is 44.8 cm³/mol. The van der Waals surface area contributed by atoms with Crippen molar-refractivity contribution in [3.05, 3.63) is 0 Å². The van der Waals surface area contributed by atoms with Crippen LogP contribution in [0.2, 0.25) is 0 Å². The molecule has 0 amide bonds. The molecule has 0 aliphatic carbocycles. The van der Waals surface area contributed by atoms with Gasteiger partial charge in [-0.25, -0.2) is 0 Å².